The third kappa shape index (κ3) is 2.53. The summed E-state index contributed by atoms with van der Waals surface area (Å²) in [7, 11) is 0. The van der Waals surface area contributed by atoms with Crippen LogP contribution in [0.3, 0.4) is 0 Å². The van der Waals surface area contributed by atoms with Crippen LogP contribution in [0.2, 0.25) is 0 Å². The van der Waals surface area contributed by atoms with E-state index in [2.05, 4.69) is 20.8 Å². The first-order valence-electron chi connectivity index (χ1n) is 5.08. The van der Waals surface area contributed by atoms with Gasteiger partial charge in [-0.3, -0.25) is 0 Å². The number of rotatable bonds is 1. The second kappa shape index (κ2) is 3.79. The molecule has 1 fully saturated rings. The first-order valence-corrected chi connectivity index (χ1v) is 5.08. The summed E-state index contributed by atoms with van der Waals surface area (Å²) in [6, 6.07) is 0. The van der Waals surface area contributed by atoms with E-state index in [9.17, 15) is 9.90 Å². The Morgan fingerprint density at radius 2 is 1.92 bits per heavy atom. The molecule has 0 aromatic carbocycles. The van der Waals surface area contributed by atoms with E-state index < -0.39 is 0 Å². The van der Waals surface area contributed by atoms with Gasteiger partial charge in [0.15, 0.2) is 0 Å². The van der Waals surface area contributed by atoms with Gasteiger partial charge in [-0.05, 0) is 30.6 Å². The van der Waals surface area contributed by atoms with Gasteiger partial charge in [0, 0.05) is 5.92 Å². The average molecular weight is 184 g/mol. The summed E-state index contributed by atoms with van der Waals surface area (Å²) in [6.45, 7) is 6.46. The van der Waals surface area contributed by atoms with Gasteiger partial charge < -0.3 is 9.90 Å². The minimum absolute atomic E-state index is 0.0913. The fourth-order valence-electron chi connectivity index (χ4n) is 2.31. The first kappa shape index (κ1) is 10.7. The van der Waals surface area contributed by atoms with E-state index in [0.717, 1.165) is 19.1 Å². The van der Waals surface area contributed by atoms with Crippen molar-refractivity contribution >= 4 is 6.29 Å². The van der Waals surface area contributed by atoms with Gasteiger partial charge in [-0.2, -0.15) is 0 Å². The van der Waals surface area contributed by atoms with Crippen molar-refractivity contribution in [3.8, 4) is 0 Å². The summed E-state index contributed by atoms with van der Waals surface area (Å²) in [6.07, 6.45) is 3.29. The molecule has 1 aliphatic carbocycles. The van der Waals surface area contributed by atoms with E-state index in [1.165, 1.54) is 0 Å². The third-order valence-corrected chi connectivity index (χ3v) is 3.16. The van der Waals surface area contributed by atoms with Gasteiger partial charge in [0.25, 0.3) is 0 Å². The van der Waals surface area contributed by atoms with Crippen LogP contribution in [0.4, 0.5) is 0 Å². The van der Waals surface area contributed by atoms with E-state index in [1.54, 1.807) is 0 Å². The molecule has 0 saturated heterocycles. The van der Waals surface area contributed by atoms with E-state index in [4.69, 9.17) is 0 Å². The van der Waals surface area contributed by atoms with Crippen molar-refractivity contribution in [2.24, 2.45) is 17.3 Å². The van der Waals surface area contributed by atoms with Crippen LogP contribution in [-0.4, -0.2) is 17.5 Å². The molecule has 1 saturated carbocycles. The maximum absolute atomic E-state index is 10.6. The van der Waals surface area contributed by atoms with Crippen molar-refractivity contribution in [3.05, 3.63) is 0 Å². The van der Waals surface area contributed by atoms with Crippen molar-refractivity contribution < 1.29 is 9.90 Å². The normalized spacial score (nSPS) is 35.8. The quantitative estimate of drug-likeness (QED) is 0.633. The van der Waals surface area contributed by atoms with E-state index >= 15 is 0 Å². The zero-order valence-electron chi connectivity index (χ0n) is 8.79. The lowest BCUT2D eigenvalue weighted by molar-refractivity contribution is -0.115. The minimum atomic E-state index is -0.288. The molecule has 1 aliphatic rings. The molecule has 0 bridgehead atoms. The highest BCUT2D eigenvalue weighted by molar-refractivity contribution is 5.53. The minimum Gasteiger partial charge on any atom is -0.393 e. The third-order valence-electron chi connectivity index (χ3n) is 3.16. The number of carbonyl (C=O) groups excluding carboxylic acids is 1. The van der Waals surface area contributed by atoms with Crippen molar-refractivity contribution in [2.45, 2.75) is 46.1 Å². The second-order valence-corrected chi connectivity index (χ2v) is 5.25. The Kier molecular flexibility index (Phi) is 3.12. The molecule has 76 valence electrons. The van der Waals surface area contributed by atoms with Gasteiger partial charge in [0.2, 0.25) is 0 Å². The smallest absolute Gasteiger partial charge is 0.123 e. The summed E-state index contributed by atoms with van der Waals surface area (Å²) in [4.78, 5) is 10.6. The van der Waals surface area contributed by atoms with Crippen LogP contribution in [0.5, 0.6) is 0 Å². The zero-order chi connectivity index (χ0) is 10.1. The molecule has 3 unspecified atom stereocenters. The fraction of sp³-hybridized carbons (Fsp3) is 0.909. The lowest BCUT2D eigenvalue weighted by atomic mass is 9.68. The fourth-order valence-corrected chi connectivity index (χ4v) is 2.31. The molecule has 13 heavy (non-hydrogen) atoms. The van der Waals surface area contributed by atoms with Crippen LogP contribution in [0.1, 0.15) is 40.0 Å². The van der Waals surface area contributed by atoms with Crippen molar-refractivity contribution in [1.82, 2.24) is 0 Å². The molecule has 0 radical (unpaired) electrons. The highest BCUT2D eigenvalue weighted by Crippen LogP contribution is 2.39. The molecular formula is C11H20O2. The van der Waals surface area contributed by atoms with Crippen LogP contribution in [0.15, 0.2) is 0 Å². The number of aliphatic hydroxyl groups excluding tert-OH is 1. The number of hydrogen-bond acceptors (Lipinski definition) is 2. The Hall–Kier alpha value is -0.370. The molecule has 2 heteroatoms. The number of aldehydes is 1. The highest BCUT2D eigenvalue weighted by Gasteiger charge is 2.36. The largest absolute Gasteiger partial charge is 0.393 e. The average Bonchev–Trinajstić information content (AvgIpc) is 2.01. The van der Waals surface area contributed by atoms with Gasteiger partial charge in [0.1, 0.15) is 6.29 Å². The van der Waals surface area contributed by atoms with Gasteiger partial charge in [-0.15, -0.1) is 0 Å². The van der Waals surface area contributed by atoms with Crippen LogP contribution < -0.4 is 0 Å². The Morgan fingerprint density at radius 3 is 2.31 bits per heavy atom. The lowest BCUT2D eigenvalue weighted by Gasteiger charge is -2.39. The molecule has 3 atom stereocenters. The molecule has 0 aromatic rings. The Labute approximate surface area is 80.3 Å². The van der Waals surface area contributed by atoms with E-state index in [0.29, 0.717) is 12.3 Å². The van der Waals surface area contributed by atoms with Crippen molar-refractivity contribution in [1.29, 1.82) is 0 Å². The second-order valence-electron chi connectivity index (χ2n) is 5.25. The van der Waals surface area contributed by atoms with Crippen LogP contribution in [0, 0.1) is 17.3 Å². The predicted octanol–water partition coefficient (Wildman–Crippen LogP) is 2.01. The van der Waals surface area contributed by atoms with Crippen molar-refractivity contribution in [3.63, 3.8) is 0 Å². The maximum atomic E-state index is 10.6. The molecule has 1 rings (SSSR count). The van der Waals surface area contributed by atoms with Crippen LogP contribution >= 0.6 is 0 Å². The monoisotopic (exact) mass is 184 g/mol. The number of aliphatic hydroxyl groups is 1. The summed E-state index contributed by atoms with van der Waals surface area (Å²) < 4.78 is 0. The Morgan fingerprint density at radius 1 is 1.31 bits per heavy atom. The summed E-state index contributed by atoms with van der Waals surface area (Å²) >= 11 is 0. The number of hydrogen-bond donors (Lipinski definition) is 1. The summed E-state index contributed by atoms with van der Waals surface area (Å²) in [5.74, 6) is 0.442. The first-order chi connectivity index (χ1) is 5.95. The van der Waals surface area contributed by atoms with Crippen molar-refractivity contribution in [2.75, 3.05) is 0 Å². The SMILES string of the molecule is CC(C)(C)C1CCC(C=O)CC1O. The molecule has 0 heterocycles. The van der Waals surface area contributed by atoms with Gasteiger partial charge >= 0.3 is 0 Å². The number of carbonyl (C=O) groups is 1. The highest BCUT2D eigenvalue weighted by atomic mass is 16.3. The van der Waals surface area contributed by atoms with E-state index in [1.807, 2.05) is 0 Å². The van der Waals surface area contributed by atoms with Crippen LogP contribution in [0.25, 0.3) is 0 Å². The lowest BCUT2D eigenvalue weighted by Crippen LogP contribution is -2.37. The summed E-state index contributed by atoms with van der Waals surface area (Å²) in [5, 5.41) is 9.85. The summed E-state index contributed by atoms with van der Waals surface area (Å²) in [5.41, 5.74) is 0.160. The predicted molar refractivity (Wildman–Crippen MR) is 52.4 cm³/mol. The van der Waals surface area contributed by atoms with Gasteiger partial charge in [-0.1, -0.05) is 20.8 Å². The molecule has 1 N–H and O–H groups in total. The standard InChI is InChI=1S/C11H20O2/c1-11(2,3)9-5-4-8(7-12)6-10(9)13/h7-10,13H,4-6H2,1-3H3. The molecule has 0 aromatic heterocycles. The molecular weight excluding hydrogens is 164 g/mol. The molecule has 0 amide bonds. The molecule has 0 spiro atoms. The van der Waals surface area contributed by atoms with Gasteiger partial charge in [-0.25, -0.2) is 0 Å². The zero-order valence-corrected chi connectivity index (χ0v) is 8.79. The van der Waals surface area contributed by atoms with Crippen LogP contribution in [-0.2, 0) is 4.79 Å². The maximum Gasteiger partial charge on any atom is 0.123 e. The van der Waals surface area contributed by atoms with E-state index in [-0.39, 0.29) is 17.4 Å². The molecule has 0 aliphatic heterocycles. The Balaban J connectivity index is 2.58. The topological polar surface area (TPSA) is 37.3 Å². The Bertz CT molecular complexity index is 181. The van der Waals surface area contributed by atoms with Gasteiger partial charge in [0.05, 0.1) is 6.10 Å². The molecule has 2 nitrogen and oxygen atoms in total.